The van der Waals surface area contributed by atoms with Gasteiger partial charge in [-0.25, -0.2) is 0 Å². The number of anilines is 1. The Morgan fingerprint density at radius 3 is 2.36 bits per heavy atom. The van der Waals surface area contributed by atoms with Crippen LogP contribution in [-0.4, -0.2) is 36.4 Å². The van der Waals surface area contributed by atoms with Crippen LogP contribution >= 0.6 is 0 Å². The van der Waals surface area contributed by atoms with Gasteiger partial charge in [0.2, 0.25) is 0 Å². The lowest BCUT2D eigenvalue weighted by Crippen LogP contribution is -2.42. The molecule has 5 nitrogen and oxygen atoms in total. The molecule has 2 amide bonds. The lowest BCUT2D eigenvalue weighted by Gasteiger charge is -2.35. The summed E-state index contributed by atoms with van der Waals surface area (Å²) in [7, 11) is 0. The van der Waals surface area contributed by atoms with Crippen molar-refractivity contribution in [1.82, 2.24) is 4.90 Å². The quantitative estimate of drug-likeness (QED) is 0.848. The maximum absolute atomic E-state index is 13.0. The Kier molecular flexibility index (Phi) is 6.34. The van der Waals surface area contributed by atoms with Crippen LogP contribution < -0.4 is 10.1 Å². The van der Waals surface area contributed by atoms with E-state index in [0.717, 1.165) is 25.1 Å². The smallest absolute Gasteiger partial charge is 0.262 e. The van der Waals surface area contributed by atoms with Gasteiger partial charge in [0.1, 0.15) is 5.75 Å². The second-order valence-electron chi connectivity index (χ2n) is 7.85. The normalized spacial score (nSPS) is 19.2. The van der Waals surface area contributed by atoms with Crippen LogP contribution in [0.15, 0.2) is 48.5 Å². The van der Waals surface area contributed by atoms with Gasteiger partial charge in [0.05, 0.1) is 11.3 Å². The van der Waals surface area contributed by atoms with Gasteiger partial charge in [0, 0.05) is 13.1 Å². The summed E-state index contributed by atoms with van der Waals surface area (Å²) in [6, 6.07) is 14.7. The molecular formula is C23H28N2O3. The highest BCUT2D eigenvalue weighted by molar-refractivity contribution is 6.04. The van der Waals surface area contributed by atoms with Crippen molar-refractivity contribution in [3.8, 4) is 5.75 Å². The van der Waals surface area contributed by atoms with Crippen molar-refractivity contribution in [2.75, 3.05) is 25.0 Å². The molecule has 0 spiro atoms. The Hall–Kier alpha value is -2.82. The average molecular weight is 380 g/mol. The van der Waals surface area contributed by atoms with Gasteiger partial charge in [-0.15, -0.1) is 0 Å². The Bertz CT molecular complexity index is 822. The number of benzene rings is 2. The van der Waals surface area contributed by atoms with Gasteiger partial charge in [0.15, 0.2) is 6.61 Å². The third-order valence-corrected chi connectivity index (χ3v) is 4.98. The van der Waals surface area contributed by atoms with E-state index in [1.165, 1.54) is 0 Å². The third-order valence-electron chi connectivity index (χ3n) is 4.98. The van der Waals surface area contributed by atoms with Crippen LogP contribution in [0.25, 0.3) is 0 Å². The first kappa shape index (κ1) is 19.9. The summed E-state index contributed by atoms with van der Waals surface area (Å²) in [6.45, 7) is 7.74. The number of rotatable bonds is 5. The van der Waals surface area contributed by atoms with E-state index in [9.17, 15) is 9.59 Å². The molecule has 0 radical (unpaired) electrons. The molecule has 2 aromatic carbocycles. The largest absolute Gasteiger partial charge is 0.484 e. The summed E-state index contributed by atoms with van der Waals surface area (Å²) in [4.78, 5) is 27.3. The van der Waals surface area contributed by atoms with Crippen molar-refractivity contribution in [1.29, 1.82) is 0 Å². The molecule has 3 rings (SSSR count). The number of nitrogens with zero attached hydrogens (tertiary/aromatic N) is 1. The van der Waals surface area contributed by atoms with Crippen molar-refractivity contribution < 1.29 is 14.3 Å². The minimum atomic E-state index is -0.291. The highest BCUT2D eigenvalue weighted by Gasteiger charge is 2.27. The van der Waals surface area contributed by atoms with Crippen molar-refractivity contribution in [2.24, 2.45) is 11.8 Å². The first-order valence-electron chi connectivity index (χ1n) is 9.80. The van der Waals surface area contributed by atoms with Gasteiger partial charge >= 0.3 is 0 Å². The van der Waals surface area contributed by atoms with E-state index in [0.29, 0.717) is 28.8 Å². The van der Waals surface area contributed by atoms with Gasteiger partial charge < -0.3 is 15.0 Å². The molecule has 2 unspecified atom stereocenters. The third kappa shape index (κ3) is 5.12. The Labute approximate surface area is 166 Å². The molecule has 1 aliphatic heterocycles. The van der Waals surface area contributed by atoms with Crippen LogP contribution in [0.3, 0.4) is 0 Å². The number of carbonyl (C=O) groups excluding carboxylic acids is 2. The van der Waals surface area contributed by atoms with Crippen molar-refractivity contribution in [2.45, 2.75) is 27.2 Å². The van der Waals surface area contributed by atoms with Crippen molar-refractivity contribution >= 4 is 17.5 Å². The lowest BCUT2D eigenvalue weighted by atomic mass is 9.91. The molecular weight excluding hydrogens is 352 g/mol. The Morgan fingerprint density at radius 2 is 1.68 bits per heavy atom. The van der Waals surface area contributed by atoms with E-state index in [-0.39, 0.29) is 18.4 Å². The van der Waals surface area contributed by atoms with E-state index >= 15 is 0 Å². The molecule has 1 heterocycles. The van der Waals surface area contributed by atoms with Crippen molar-refractivity contribution in [3.05, 3.63) is 59.7 Å². The van der Waals surface area contributed by atoms with Crippen LogP contribution in [0.5, 0.6) is 5.75 Å². The molecule has 1 saturated heterocycles. The van der Waals surface area contributed by atoms with Gasteiger partial charge in [-0.1, -0.05) is 43.7 Å². The zero-order valence-electron chi connectivity index (χ0n) is 16.8. The molecule has 5 heteroatoms. The van der Waals surface area contributed by atoms with Crippen LogP contribution in [0, 0.1) is 18.8 Å². The molecule has 148 valence electrons. The fourth-order valence-corrected chi connectivity index (χ4v) is 3.75. The Balaban J connectivity index is 1.65. The van der Waals surface area contributed by atoms with Gasteiger partial charge in [-0.05, 0) is 49.4 Å². The first-order chi connectivity index (χ1) is 13.4. The topological polar surface area (TPSA) is 58.6 Å². The summed E-state index contributed by atoms with van der Waals surface area (Å²) in [5.41, 5.74) is 2.17. The number of carbonyl (C=O) groups is 2. The van der Waals surface area contributed by atoms with Gasteiger partial charge in [0.25, 0.3) is 11.8 Å². The molecule has 2 aromatic rings. The molecule has 28 heavy (non-hydrogen) atoms. The molecule has 2 atom stereocenters. The number of piperidine rings is 1. The number of nitrogens with one attached hydrogen (secondary N) is 1. The summed E-state index contributed by atoms with van der Waals surface area (Å²) in [5.74, 6) is 1.28. The zero-order valence-corrected chi connectivity index (χ0v) is 16.8. The fraction of sp³-hybridized carbons (Fsp3) is 0.391. The fourth-order valence-electron chi connectivity index (χ4n) is 3.75. The average Bonchev–Trinajstić information content (AvgIpc) is 2.67. The van der Waals surface area contributed by atoms with Crippen LogP contribution in [0.2, 0.25) is 0 Å². The molecule has 0 bridgehead atoms. The minimum Gasteiger partial charge on any atom is -0.484 e. The maximum atomic E-state index is 13.0. The molecule has 1 N–H and O–H groups in total. The first-order valence-corrected chi connectivity index (χ1v) is 9.80. The van der Waals surface area contributed by atoms with E-state index < -0.39 is 0 Å². The molecule has 1 fully saturated rings. The number of hydrogen-bond acceptors (Lipinski definition) is 3. The molecule has 0 aliphatic carbocycles. The second kappa shape index (κ2) is 8.91. The van der Waals surface area contributed by atoms with Gasteiger partial charge in [-0.3, -0.25) is 9.59 Å². The number of hydrogen-bond donors (Lipinski definition) is 1. The predicted molar refractivity (Wildman–Crippen MR) is 111 cm³/mol. The highest BCUT2D eigenvalue weighted by Crippen LogP contribution is 2.25. The molecule has 1 aliphatic rings. The standard InChI is InChI=1S/C23H28N2O3/c1-16-8-10-19(11-9-16)28-15-22(26)24-21-7-5-4-6-20(21)23(27)25-13-17(2)12-18(3)14-25/h4-11,17-18H,12-15H2,1-3H3,(H,24,26). The highest BCUT2D eigenvalue weighted by atomic mass is 16.5. The molecule has 0 aromatic heterocycles. The summed E-state index contributed by atoms with van der Waals surface area (Å²) < 4.78 is 5.53. The summed E-state index contributed by atoms with van der Waals surface area (Å²) in [5, 5.41) is 2.82. The summed E-state index contributed by atoms with van der Waals surface area (Å²) in [6.07, 6.45) is 1.14. The van der Waals surface area contributed by atoms with E-state index in [1.807, 2.05) is 48.2 Å². The monoisotopic (exact) mass is 380 g/mol. The van der Waals surface area contributed by atoms with E-state index in [4.69, 9.17) is 4.74 Å². The SMILES string of the molecule is Cc1ccc(OCC(=O)Nc2ccccc2C(=O)N2CC(C)CC(C)C2)cc1. The number of likely N-dealkylation sites (tertiary alicyclic amines) is 1. The predicted octanol–water partition coefficient (Wildman–Crippen LogP) is 4.13. The summed E-state index contributed by atoms with van der Waals surface area (Å²) >= 11 is 0. The second-order valence-corrected chi connectivity index (χ2v) is 7.85. The van der Waals surface area contributed by atoms with E-state index in [2.05, 4.69) is 19.2 Å². The number of aryl methyl sites for hydroxylation is 1. The minimum absolute atomic E-state index is 0.0336. The van der Waals surface area contributed by atoms with E-state index in [1.54, 1.807) is 12.1 Å². The van der Waals surface area contributed by atoms with Crippen LogP contribution in [0.4, 0.5) is 5.69 Å². The van der Waals surface area contributed by atoms with Crippen LogP contribution in [0.1, 0.15) is 36.2 Å². The van der Waals surface area contributed by atoms with Crippen LogP contribution in [-0.2, 0) is 4.79 Å². The number of amides is 2. The van der Waals surface area contributed by atoms with Crippen molar-refractivity contribution in [3.63, 3.8) is 0 Å². The Morgan fingerprint density at radius 1 is 1.04 bits per heavy atom. The molecule has 0 saturated carbocycles. The lowest BCUT2D eigenvalue weighted by molar-refractivity contribution is -0.118. The number of ether oxygens (including phenoxy) is 1. The maximum Gasteiger partial charge on any atom is 0.262 e. The zero-order chi connectivity index (χ0) is 20.1. The number of para-hydroxylation sites is 1. The van der Waals surface area contributed by atoms with Gasteiger partial charge in [-0.2, -0.15) is 0 Å².